The monoisotopic (exact) mass is 491 g/mol. The molecule has 0 aliphatic carbocycles. The molecule has 0 amide bonds. The van der Waals surface area contributed by atoms with Crippen LogP contribution in [0.1, 0.15) is 28.8 Å². The lowest BCUT2D eigenvalue weighted by molar-refractivity contribution is 0.0837. The number of carbonyl (C=O) groups is 1. The van der Waals surface area contributed by atoms with Crippen molar-refractivity contribution in [2.24, 2.45) is 5.92 Å². The first-order valence-corrected chi connectivity index (χ1v) is 12.3. The van der Waals surface area contributed by atoms with Crippen molar-refractivity contribution in [1.82, 2.24) is 14.0 Å². The van der Waals surface area contributed by atoms with E-state index in [9.17, 15) is 14.0 Å². The van der Waals surface area contributed by atoms with Crippen molar-refractivity contribution < 1.29 is 9.18 Å². The molecule has 0 spiro atoms. The average molecular weight is 492 g/mol. The maximum atomic E-state index is 13.4. The van der Waals surface area contributed by atoms with Crippen LogP contribution >= 0.6 is 11.6 Å². The molecule has 2 heterocycles. The van der Waals surface area contributed by atoms with Crippen LogP contribution in [0.4, 0.5) is 4.39 Å². The molecule has 1 aromatic heterocycles. The van der Waals surface area contributed by atoms with Crippen molar-refractivity contribution in [3.8, 4) is 0 Å². The number of halogens is 2. The summed E-state index contributed by atoms with van der Waals surface area (Å²) in [4.78, 5) is 28.4. The van der Waals surface area contributed by atoms with Gasteiger partial charge in [-0.25, -0.2) is 9.18 Å². The number of benzene rings is 3. The SMILES string of the molecule is O=C(c1ccc(F)cc1)C1CCN(CCn2c(=O)n(Cc3cccc(Cl)c3)c3ccccc32)CC1. The predicted octanol–water partition coefficient (Wildman–Crippen LogP) is 5.24. The van der Waals surface area contributed by atoms with E-state index in [1.54, 1.807) is 16.7 Å². The van der Waals surface area contributed by atoms with Crippen molar-refractivity contribution in [3.05, 3.63) is 105 Å². The van der Waals surface area contributed by atoms with Crippen molar-refractivity contribution in [1.29, 1.82) is 0 Å². The third-order valence-electron chi connectivity index (χ3n) is 6.88. The zero-order chi connectivity index (χ0) is 24.4. The molecule has 0 bridgehead atoms. The van der Waals surface area contributed by atoms with Gasteiger partial charge in [-0.1, -0.05) is 35.9 Å². The van der Waals surface area contributed by atoms with Gasteiger partial charge in [0.1, 0.15) is 5.82 Å². The van der Waals surface area contributed by atoms with Crippen LogP contribution in [0.25, 0.3) is 11.0 Å². The smallest absolute Gasteiger partial charge is 0.302 e. The molecule has 1 aliphatic rings. The van der Waals surface area contributed by atoms with Crippen molar-refractivity contribution in [3.63, 3.8) is 0 Å². The Morgan fingerprint density at radius 2 is 1.57 bits per heavy atom. The summed E-state index contributed by atoms with van der Waals surface area (Å²) in [5, 5.41) is 0.653. The molecule has 1 fully saturated rings. The number of fused-ring (bicyclic) bond motifs is 1. The Morgan fingerprint density at radius 1 is 0.886 bits per heavy atom. The fraction of sp³-hybridized carbons (Fsp3) is 0.286. The molecule has 0 saturated carbocycles. The van der Waals surface area contributed by atoms with Crippen molar-refractivity contribution in [2.45, 2.75) is 25.9 Å². The maximum Gasteiger partial charge on any atom is 0.329 e. The zero-order valence-corrected chi connectivity index (χ0v) is 20.1. The van der Waals surface area contributed by atoms with E-state index in [1.807, 2.05) is 53.1 Å². The summed E-state index contributed by atoms with van der Waals surface area (Å²) in [7, 11) is 0. The fourth-order valence-electron chi connectivity index (χ4n) is 4.97. The molecule has 4 aromatic rings. The first-order chi connectivity index (χ1) is 17.0. The first kappa shape index (κ1) is 23.5. The minimum absolute atomic E-state index is 0.0347. The molecule has 5 rings (SSSR count). The molecule has 0 radical (unpaired) electrons. The Bertz CT molecular complexity index is 1400. The van der Waals surface area contributed by atoms with Gasteiger partial charge in [0, 0.05) is 29.6 Å². The molecule has 0 unspecified atom stereocenters. The third-order valence-corrected chi connectivity index (χ3v) is 7.12. The minimum Gasteiger partial charge on any atom is -0.302 e. The van der Waals surface area contributed by atoms with Gasteiger partial charge in [0.05, 0.1) is 17.6 Å². The highest BCUT2D eigenvalue weighted by molar-refractivity contribution is 6.30. The van der Waals surface area contributed by atoms with E-state index in [1.165, 1.54) is 12.1 Å². The number of hydrogen-bond donors (Lipinski definition) is 0. The summed E-state index contributed by atoms with van der Waals surface area (Å²) in [6.07, 6.45) is 1.53. The zero-order valence-electron chi connectivity index (χ0n) is 19.4. The number of rotatable bonds is 7. The summed E-state index contributed by atoms with van der Waals surface area (Å²) in [6.45, 7) is 3.38. The number of hydrogen-bond acceptors (Lipinski definition) is 3. The number of imidazole rings is 1. The number of ketones is 1. The summed E-state index contributed by atoms with van der Waals surface area (Å²) in [5.74, 6) is -0.287. The lowest BCUT2D eigenvalue weighted by Crippen LogP contribution is -2.39. The van der Waals surface area contributed by atoms with Crippen LogP contribution in [0, 0.1) is 11.7 Å². The molecule has 0 atom stereocenters. The van der Waals surface area contributed by atoms with Crippen LogP contribution in [0.2, 0.25) is 5.02 Å². The van der Waals surface area contributed by atoms with Crippen LogP contribution < -0.4 is 5.69 Å². The first-order valence-electron chi connectivity index (χ1n) is 11.9. The van der Waals surface area contributed by atoms with Gasteiger partial charge in [0.2, 0.25) is 0 Å². The van der Waals surface area contributed by atoms with E-state index in [-0.39, 0.29) is 23.2 Å². The molecule has 1 aliphatic heterocycles. The Hall–Kier alpha value is -3.22. The van der Waals surface area contributed by atoms with Crippen molar-refractivity contribution in [2.75, 3.05) is 19.6 Å². The van der Waals surface area contributed by atoms with Crippen LogP contribution in [0.15, 0.2) is 77.6 Å². The number of likely N-dealkylation sites (tertiary alicyclic amines) is 1. The number of carbonyl (C=O) groups excluding carboxylic acids is 1. The highest BCUT2D eigenvalue weighted by Crippen LogP contribution is 2.22. The normalized spacial score (nSPS) is 15.0. The standard InChI is InChI=1S/C28H27ClFN3O2/c29-23-5-3-4-20(18-23)19-33-26-7-2-1-6-25(26)32(28(33)35)17-16-31-14-12-22(13-15-31)27(34)21-8-10-24(30)11-9-21/h1-11,18,22H,12-17,19H2. The van der Waals surface area contributed by atoms with Gasteiger partial charge in [-0.15, -0.1) is 0 Å². The number of nitrogens with zero attached hydrogens (tertiary/aromatic N) is 3. The Balaban J connectivity index is 1.26. The summed E-state index contributed by atoms with van der Waals surface area (Å²) >= 11 is 6.15. The van der Waals surface area contributed by atoms with Crippen LogP contribution in [0.5, 0.6) is 0 Å². The van der Waals surface area contributed by atoms with E-state index in [0.29, 0.717) is 23.7 Å². The number of piperidine rings is 1. The maximum absolute atomic E-state index is 13.4. The lowest BCUT2D eigenvalue weighted by atomic mass is 9.89. The number of para-hydroxylation sites is 2. The minimum atomic E-state index is -0.333. The highest BCUT2D eigenvalue weighted by Gasteiger charge is 2.26. The molecule has 180 valence electrons. The topological polar surface area (TPSA) is 47.2 Å². The molecule has 1 saturated heterocycles. The Labute approximate surface area is 208 Å². The van der Waals surface area contributed by atoms with E-state index < -0.39 is 0 Å². The second kappa shape index (κ2) is 10.2. The summed E-state index contributed by atoms with van der Waals surface area (Å²) < 4.78 is 16.8. The van der Waals surface area contributed by atoms with Gasteiger partial charge < -0.3 is 4.90 Å². The van der Waals surface area contributed by atoms with Crippen LogP contribution in [-0.2, 0) is 13.1 Å². The van der Waals surface area contributed by atoms with E-state index in [4.69, 9.17) is 11.6 Å². The predicted molar refractivity (Wildman–Crippen MR) is 137 cm³/mol. The summed E-state index contributed by atoms with van der Waals surface area (Å²) in [5.41, 5.74) is 3.34. The third kappa shape index (κ3) is 5.09. The van der Waals surface area contributed by atoms with Crippen LogP contribution in [-0.4, -0.2) is 39.5 Å². The highest BCUT2D eigenvalue weighted by atomic mass is 35.5. The van der Waals surface area contributed by atoms with Gasteiger partial charge in [0.15, 0.2) is 5.78 Å². The second-order valence-corrected chi connectivity index (χ2v) is 9.56. The van der Waals surface area contributed by atoms with Gasteiger partial charge >= 0.3 is 5.69 Å². The summed E-state index contributed by atoms with van der Waals surface area (Å²) in [6, 6.07) is 21.2. The van der Waals surface area contributed by atoms with Crippen LogP contribution in [0.3, 0.4) is 0 Å². The molecule has 35 heavy (non-hydrogen) atoms. The Kier molecular flexibility index (Phi) is 6.84. The second-order valence-electron chi connectivity index (χ2n) is 9.13. The van der Waals surface area contributed by atoms with E-state index in [0.717, 1.165) is 49.1 Å². The molecule has 7 heteroatoms. The van der Waals surface area contributed by atoms with E-state index >= 15 is 0 Å². The molecule has 3 aromatic carbocycles. The van der Waals surface area contributed by atoms with Gasteiger partial charge in [-0.05, 0) is 80.0 Å². The van der Waals surface area contributed by atoms with Gasteiger partial charge in [-0.2, -0.15) is 0 Å². The average Bonchev–Trinajstić information content (AvgIpc) is 3.14. The van der Waals surface area contributed by atoms with E-state index in [2.05, 4.69) is 4.90 Å². The molecule has 0 N–H and O–H groups in total. The number of Topliss-reactive ketones (excluding diaryl/α,β-unsaturated/α-hetero) is 1. The lowest BCUT2D eigenvalue weighted by Gasteiger charge is -2.31. The quantitative estimate of drug-likeness (QED) is 0.332. The number of aromatic nitrogens is 2. The molecule has 5 nitrogen and oxygen atoms in total. The Morgan fingerprint density at radius 3 is 2.26 bits per heavy atom. The van der Waals surface area contributed by atoms with Crippen molar-refractivity contribution >= 4 is 28.4 Å². The largest absolute Gasteiger partial charge is 0.329 e. The van der Waals surface area contributed by atoms with Gasteiger partial charge in [-0.3, -0.25) is 13.9 Å². The van der Waals surface area contributed by atoms with Gasteiger partial charge in [0.25, 0.3) is 0 Å². The molecular formula is C28H27ClFN3O2. The molecular weight excluding hydrogens is 465 g/mol. The fourth-order valence-corrected chi connectivity index (χ4v) is 5.18.